The second kappa shape index (κ2) is 11.4. The van der Waals surface area contributed by atoms with Crippen LogP contribution in [0.1, 0.15) is 55.4 Å². The minimum atomic E-state index is -0.246. The van der Waals surface area contributed by atoms with Crippen molar-refractivity contribution in [3.8, 4) is 0 Å². The van der Waals surface area contributed by atoms with E-state index in [0.717, 1.165) is 26.2 Å². The Bertz CT molecular complexity index is 481. The fourth-order valence-corrected chi connectivity index (χ4v) is 3.03. The third kappa shape index (κ3) is 10.5. The van der Waals surface area contributed by atoms with E-state index in [1.807, 2.05) is 27.7 Å². The largest absolute Gasteiger partial charge is 0.373 e. The van der Waals surface area contributed by atoms with Gasteiger partial charge in [-0.3, -0.25) is 9.69 Å². The summed E-state index contributed by atoms with van der Waals surface area (Å²) in [5.41, 5.74) is -0.291. The predicted molar refractivity (Wildman–Crippen MR) is 123 cm³/mol. The van der Waals surface area contributed by atoms with Crippen LogP contribution in [-0.2, 0) is 9.53 Å². The van der Waals surface area contributed by atoms with Crippen LogP contribution in [-0.4, -0.2) is 72.8 Å². The second-order valence-electron chi connectivity index (χ2n) is 8.82. The Morgan fingerprint density at radius 3 is 2.15 bits per heavy atom. The highest BCUT2D eigenvalue weighted by Gasteiger charge is 2.33. The van der Waals surface area contributed by atoms with Crippen molar-refractivity contribution < 1.29 is 9.53 Å². The fourth-order valence-electron chi connectivity index (χ4n) is 3.03. The van der Waals surface area contributed by atoms with Crippen LogP contribution in [0.2, 0.25) is 0 Å². The molecular weight excluding hydrogens is 457 g/mol. The van der Waals surface area contributed by atoms with E-state index in [2.05, 4.69) is 53.5 Å². The van der Waals surface area contributed by atoms with Crippen LogP contribution < -0.4 is 16.0 Å². The van der Waals surface area contributed by atoms with Crippen LogP contribution in [0.4, 0.5) is 0 Å². The van der Waals surface area contributed by atoms with Crippen LogP contribution in [0.25, 0.3) is 0 Å². The third-order valence-electron chi connectivity index (χ3n) is 4.20. The molecule has 160 valence electrons. The molecule has 0 aromatic heterocycles. The normalized spacial score (nSPS) is 22.0. The zero-order valence-electron chi connectivity index (χ0n) is 18.3. The summed E-state index contributed by atoms with van der Waals surface area (Å²) in [6.07, 6.45) is 0.474. The van der Waals surface area contributed by atoms with Crippen molar-refractivity contribution in [3.05, 3.63) is 0 Å². The van der Waals surface area contributed by atoms with Crippen molar-refractivity contribution in [1.29, 1.82) is 0 Å². The third-order valence-corrected chi connectivity index (χ3v) is 4.20. The van der Waals surface area contributed by atoms with Crippen molar-refractivity contribution in [1.82, 2.24) is 20.9 Å². The van der Waals surface area contributed by atoms with Crippen molar-refractivity contribution >= 4 is 35.8 Å². The number of guanidine groups is 1. The van der Waals surface area contributed by atoms with E-state index in [1.165, 1.54) is 0 Å². The first-order chi connectivity index (χ1) is 11.9. The minimum absolute atomic E-state index is 0. The van der Waals surface area contributed by atoms with Gasteiger partial charge in [0.1, 0.15) is 6.54 Å². The van der Waals surface area contributed by atoms with Gasteiger partial charge in [0, 0.05) is 37.3 Å². The lowest BCUT2D eigenvalue weighted by Crippen LogP contribution is -2.59. The van der Waals surface area contributed by atoms with Crippen LogP contribution in [0, 0.1) is 0 Å². The number of halogens is 1. The highest BCUT2D eigenvalue weighted by molar-refractivity contribution is 14.0. The highest BCUT2D eigenvalue weighted by Crippen LogP contribution is 2.20. The van der Waals surface area contributed by atoms with Crippen molar-refractivity contribution in [3.63, 3.8) is 0 Å². The van der Waals surface area contributed by atoms with Gasteiger partial charge in [-0.1, -0.05) is 0 Å². The molecule has 0 radical (unpaired) electrons. The van der Waals surface area contributed by atoms with Crippen LogP contribution in [0.5, 0.6) is 0 Å². The minimum Gasteiger partial charge on any atom is -0.373 e. The Balaban J connectivity index is 0.00000676. The van der Waals surface area contributed by atoms with Gasteiger partial charge >= 0.3 is 0 Å². The molecule has 7 nitrogen and oxygen atoms in total. The molecule has 1 saturated heterocycles. The number of aliphatic imine (C=N–C) groups is 1. The van der Waals surface area contributed by atoms with Gasteiger partial charge < -0.3 is 20.7 Å². The summed E-state index contributed by atoms with van der Waals surface area (Å²) in [6.45, 7) is 20.0. The molecule has 0 aromatic carbocycles. The van der Waals surface area contributed by atoms with Crippen LogP contribution >= 0.6 is 24.0 Å². The number of carbonyl (C=O) groups is 1. The van der Waals surface area contributed by atoms with E-state index in [4.69, 9.17) is 4.74 Å². The Labute approximate surface area is 182 Å². The van der Waals surface area contributed by atoms with E-state index in [1.54, 1.807) is 0 Å². The van der Waals surface area contributed by atoms with Crippen molar-refractivity contribution in [2.45, 2.75) is 78.7 Å². The quantitative estimate of drug-likeness (QED) is 0.297. The Kier molecular flexibility index (Phi) is 11.1. The fraction of sp³-hybridized carbons (Fsp3) is 0.895. The van der Waals surface area contributed by atoms with Gasteiger partial charge in [-0.25, -0.2) is 4.99 Å². The molecule has 1 fully saturated rings. The maximum atomic E-state index is 12.0. The standard InChI is InChI=1S/C19H39N5O2.HI/c1-9-20-17(21-10-16(25)23-18(4,5)6)22-13-19(7,8)24-11-14(2)26-15(3)12-24;/h14-15H,9-13H2,1-8H3,(H,23,25)(H2,20,21,22);1H. The molecule has 1 rings (SSSR count). The number of carbonyl (C=O) groups excluding carboxylic acids is 1. The lowest BCUT2D eigenvalue weighted by atomic mass is 10.00. The molecule has 0 aliphatic carbocycles. The van der Waals surface area contributed by atoms with Gasteiger partial charge in [-0.05, 0) is 55.4 Å². The summed E-state index contributed by atoms with van der Waals surface area (Å²) in [6, 6.07) is 0. The first-order valence-corrected chi connectivity index (χ1v) is 9.66. The van der Waals surface area contributed by atoms with Gasteiger partial charge in [0.05, 0.1) is 12.2 Å². The van der Waals surface area contributed by atoms with E-state index >= 15 is 0 Å². The summed E-state index contributed by atoms with van der Waals surface area (Å²) < 4.78 is 5.84. The molecular formula is C19H40IN5O2. The number of nitrogens with zero attached hydrogens (tertiary/aromatic N) is 2. The molecule has 0 saturated carbocycles. The topological polar surface area (TPSA) is 78.0 Å². The average Bonchev–Trinajstić information content (AvgIpc) is 2.47. The van der Waals surface area contributed by atoms with Crippen LogP contribution in [0.3, 0.4) is 0 Å². The first-order valence-electron chi connectivity index (χ1n) is 9.66. The summed E-state index contributed by atoms with van der Waals surface area (Å²) in [7, 11) is 0. The number of morpholine rings is 1. The second-order valence-corrected chi connectivity index (χ2v) is 8.82. The van der Waals surface area contributed by atoms with Gasteiger partial charge in [0.25, 0.3) is 0 Å². The molecule has 1 heterocycles. The molecule has 8 heteroatoms. The lowest BCUT2D eigenvalue weighted by Gasteiger charge is -2.45. The molecule has 27 heavy (non-hydrogen) atoms. The first kappa shape index (κ1) is 26.4. The number of hydrogen-bond acceptors (Lipinski definition) is 4. The lowest BCUT2D eigenvalue weighted by molar-refractivity contribution is -0.121. The smallest absolute Gasteiger partial charge is 0.242 e. The molecule has 0 spiro atoms. The maximum Gasteiger partial charge on any atom is 0.242 e. The number of hydrogen-bond donors (Lipinski definition) is 3. The van der Waals surface area contributed by atoms with Gasteiger partial charge in [0.2, 0.25) is 5.91 Å². The van der Waals surface area contributed by atoms with E-state index in [9.17, 15) is 4.79 Å². The van der Waals surface area contributed by atoms with Gasteiger partial charge in [-0.2, -0.15) is 0 Å². The predicted octanol–water partition coefficient (Wildman–Crippen LogP) is 1.96. The number of amides is 1. The molecule has 1 aliphatic heterocycles. The zero-order chi connectivity index (χ0) is 20.0. The van der Waals surface area contributed by atoms with Gasteiger partial charge in [0.15, 0.2) is 5.96 Å². The number of rotatable bonds is 6. The van der Waals surface area contributed by atoms with Crippen molar-refractivity contribution in [2.24, 2.45) is 4.99 Å². The Hall–Kier alpha value is -0.610. The Morgan fingerprint density at radius 2 is 1.67 bits per heavy atom. The number of nitrogens with one attached hydrogen (secondary N) is 3. The van der Waals surface area contributed by atoms with E-state index in [-0.39, 0.29) is 59.7 Å². The summed E-state index contributed by atoms with van der Waals surface area (Å²) in [5.74, 6) is 0.587. The monoisotopic (exact) mass is 497 g/mol. The summed E-state index contributed by atoms with van der Waals surface area (Å²) in [4.78, 5) is 18.9. The molecule has 0 bridgehead atoms. The number of ether oxygens (including phenoxy) is 1. The molecule has 1 aliphatic rings. The molecule has 1 amide bonds. The Morgan fingerprint density at radius 1 is 1.11 bits per heavy atom. The SMILES string of the molecule is CCNC(=NCC(=O)NC(C)(C)C)NCC(C)(C)N1CC(C)OC(C)C1.I. The van der Waals surface area contributed by atoms with E-state index in [0.29, 0.717) is 5.96 Å². The maximum absolute atomic E-state index is 12.0. The summed E-state index contributed by atoms with van der Waals surface area (Å²) in [5, 5.41) is 9.52. The van der Waals surface area contributed by atoms with Crippen LogP contribution in [0.15, 0.2) is 4.99 Å². The molecule has 2 unspecified atom stereocenters. The van der Waals surface area contributed by atoms with Crippen molar-refractivity contribution in [2.75, 3.05) is 32.7 Å². The summed E-state index contributed by atoms with van der Waals surface area (Å²) >= 11 is 0. The molecule has 3 N–H and O–H groups in total. The highest BCUT2D eigenvalue weighted by atomic mass is 127. The average molecular weight is 497 g/mol. The molecule has 0 aromatic rings. The van der Waals surface area contributed by atoms with Gasteiger partial charge in [-0.15, -0.1) is 24.0 Å². The van der Waals surface area contributed by atoms with E-state index < -0.39 is 0 Å². The zero-order valence-corrected chi connectivity index (χ0v) is 20.6. The molecule has 2 atom stereocenters.